The molecule has 1 aliphatic rings. The SMILES string of the molecule is CCC(C)NC(=O)C(C)N[C@@H](C)C1CCCCC1. The molecule has 106 valence electrons. The van der Waals surface area contributed by atoms with Crippen LogP contribution in [0.1, 0.15) is 66.2 Å². The Bertz CT molecular complexity index is 249. The van der Waals surface area contributed by atoms with E-state index in [1.54, 1.807) is 0 Å². The Labute approximate surface area is 112 Å². The van der Waals surface area contributed by atoms with Crippen LogP contribution in [-0.2, 0) is 4.79 Å². The first kappa shape index (κ1) is 15.5. The van der Waals surface area contributed by atoms with Gasteiger partial charge in [-0.15, -0.1) is 0 Å². The average Bonchev–Trinajstić information content (AvgIpc) is 2.39. The van der Waals surface area contributed by atoms with E-state index in [-0.39, 0.29) is 18.0 Å². The third-order valence-electron chi connectivity index (χ3n) is 4.26. The maximum absolute atomic E-state index is 12.0. The normalized spacial score (nSPS) is 22.2. The molecular weight excluding hydrogens is 224 g/mol. The summed E-state index contributed by atoms with van der Waals surface area (Å²) in [4.78, 5) is 12.0. The minimum absolute atomic E-state index is 0.0871. The van der Waals surface area contributed by atoms with Crippen molar-refractivity contribution >= 4 is 5.91 Å². The van der Waals surface area contributed by atoms with Gasteiger partial charge in [0.25, 0.3) is 0 Å². The Morgan fingerprint density at radius 2 is 1.78 bits per heavy atom. The Morgan fingerprint density at radius 3 is 2.33 bits per heavy atom. The first-order chi connectivity index (χ1) is 8.54. The van der Waals surface area contributed by atoms with Gasteiger partial charge in [0.15, 0.2) is 0 Å². The van der Waals surface area contributed by atoms with Gasteiger partial charge in [-0.25, -0.2) is 0 Å². The van der Waals surface area contributed by atoms with Crippen LogP contribution in [0.25, 0.3) is 0 Å². The van der Waals surface area contributed by atoms with E-state index in [4.69, 9.17) is 0 Å². The number of hydrogen-bond donors (Lipinski definition) is 2. The lowest BCUT2D eigenvalue weighted by Crippen LogP contribution is -2.49. The standard InChI is InChI=1S/C15H30N2O/c1-5-11(2)16-15(18)13(4)17-12(3)14-9-7-6-8-10-14/h11-14,17H,5-10H2,1-4H3,(H,16,18)/t11?,12-,13?/m0/s1. The summed E-state index contributed by atoms with van der Waals surface area (Å²) in [5, 5.41) is 6.50. The van der Waals surface area contributed by atoms with E-state index in [1.165, 1.54) is 32.1 Å². The molecular formula is C15H30N2O. The molecule has 1 rings (SSSR count). The molecule has 3 nitrogen and oxygen atoms in total. The summed E-state index contributed by atoms with van der Waals surface area (Å²) in [6.45, 7) is 8.34. The van der Waals surface area contributed by atoms with Crippen molar-refractivity contribution in [3.05, 3.63) is 0 Å². The van der Waals surface area contributed by atoms with Gasteiger partial charge in [-0.1, -0.05) is 26.2 Å². The topological polar surface area (TPSA) is 41.1 Å². The molecule has 3 atom stereocenters. The first-order valence-electron chi connectivity index (χ1n) is 7.61. The summed E-state index contributed by atoms with van der Waals surface area (Å²) < 4.78 is 0. The average molecular weight is 254 g/mol. The fourth-order valence-corrected chi connectivity index (χ4v) is 2.71. The van der Waals surface area contributed by atoms with Gasteiger partial charge in [0.05, 0.1) is 6.04 Å². The maximum atomic E-state index is 12.0. The Kier molecular flexibility index (Phi) is 6.69. The van der Waals surface area contributed by atoms with Crippen molar-refractivity contribution < 1.29 is 4.79 Å². The third kappa shape index (κ3) is 4.97. The van der Waals surface area contributed by atoms with E-state index in [0.29, 0.717) is 6.04 Å². The molecule has 3 heteroatoms. The van der Waals surface area contributed by atoms with Gasteiger partial charge in [-0.2, -0.15) is 0 Å². The maximum Gasteiger partial charge on any atom is 0.237 e. The van der Waals surface area contributed by atoms with E-state index >= 15 is 0 Å². The van der Waals surface area contributed by atoms with Gasteiger partial charge in [0, 0.05) is 12.1 Å². The van der Waals surface area contributed by atoms with Crippen molar-refractivity contribution in [2.75, 3.05) is 0 Å². The number of nitrogens with one attached hydrogen (secondary N) is 2. The third-order valence-corrected chi connectivity index (χ3v) is 4.26. The summed E-state index contributed by atoms with van der Waals surface area (Å²) in [5.41, 5.74) is 0. The second-order valence-electron chi connectivity index (χ2n) is 5.89. The summed E-state index contributed by atoms with van der Waals surface area (Å²) in [6, 6.07) is 0.630. The highest BCUT2D eigenvalue weighted by Gasteiger charge is 2.23. The van der Waals surface area contributed by atoms with Crippen LogP contribution >= 0.6 is 0 Å². The molecule has 0 radical (unpaired) electrons. The van der Waals surface area contributed by atoms with E-state index in [2.05, 4.69) is 31.4 Å². The Hall–Kier alpha value is -0.570. The lowest BCUT2D eigenvalue weighted by molar-refractivity contribution is -0.123. The van der Waals surface area contributed by atoms with Crippen molar-refractivity contribution in [3.63, 3.8) is 0 Å². The second-order valence-corrected chi connectivity index (χ2v) is 5.89. The molecule has 2 N–H and O–H groups in total. The zero-order valence-electron chi connectivity index (χ0n) is 12.5. The Balaban J connectivity index is 2.33. The predicted molar refractivity (Wildman–Crippen MR) is 76.5 cm³/mol. The molecule has 0 aromatic carbocycles. The van der Waals surface area contributed by atoms with Gasteiger partial charge in [0.2, 0.25) is 5.91 Å². The molecule has 2 unspecified atom stereocenters. The molecule has 1 aliphatic carbocycles. The fraction of sp³-hybridized carbons (Fsp3) is 0.933. The first-order valence-corrected chi connectivity index (χ1v) is 7.61. The lowest BCUT2D eigenvalue weighted by Gasteiger charge is -2.30. The summed E-state index contributed by atoms with van der Waals surface area (Å²) >= 11 is 0. The molecule has 0 aliphatic heterocycles. The number of amides is 1. The van der Waals surface area contributed by atoms with Crippen LogP contribution in [0.4, 0.5) is 0 Å². The summed E-state index contributed by atoms with van der Waals surface area (Å²) in [5.74, 6) is 0.879. The molecule has 0 aromatic heterocycles. The highest BCUT2D eigenvalue weighted by molar-refractivity contribution is 5.81. The fourth-order valence-electron chi connectivity index (χ4n) is 2.71. The van der Waals surface area contributed by atoms with Crippen LogP contribution in [0.2, 0.25) is 0 Å². The largest absolute Gasteiger partial charge is 0.352 e. The van der Waals surface area contributed by atoms with E-state index < -0.39 is 0 Å². The minimum atomic E-state index is -0.0871. The van der Waals surface area contributed by atoms with Gasteiger partial charge < -0.3 is 10.6 Å². The van der Waals surface area contributed by atoms with E-state index in [1.807, 2.05) is 6.92 Å². The molecule has 18 heavy (non-hydrogen) atoms. The molecule has 0 bridgehead atoms. The van der Waals surface area contributed by atoms with Crippen LogP contribution in [0.15, 0.2) is 0 Å². The van der Waals surface area contributed by atoms with Crippen LogP contribution in [0, 0.1) is 5.92 Å². The minimum Gasteiger partial charge on any atom is -0.352 e. The highest BCUT2D eigenvalue weighted by atomic mass is 16.2. The molecule has 0 aromatic rings. The van der Waals surface area contributed by atoms with Gasteiger partial charge in [-0.3, -0.25) is 4.79 Å². The highest BCUT2D eigenvalue weighted by Crippen LogP contribution is 2.26. The quantitative estimate of drug-likeness (QED) is 0.765. The molecule has 1 fully saturated rings. The van der Waals surface area contributed by atoms with Crippen molar-refractivity contribution in [2.45, 2.75) is 84.3 Å². The van der Waals surface area contributed by atoms with Crippen molar-refractivity contribution in [2.24, 2.45) is 5.92 Å². The number of hydrogen-bond acceptors (Lipinski definition) is 2. The van der Waals surface area contributed by atoms with Gasteiger partial charge >= 0.3 is 0 Å². The zero-order valence-corrected chi connectivity index (χ0v) is 12.5. The van der Waals surface area contributed by atoms with E-state index in [0.717, 1.165) is 12.3 Å². The number of carbonyl (C=O) groups is 1. The van der Waals surface area contributed by atoms with Crippen molar-refractivity contribution in [1.29, 1.82) is 0 Å². The monoisotopic (exact) mass is 254 g/mol. The van der Waals surface area contributed by atoms with Crippen LogP contribution in [0.5, 0.6) is 0 Å². The summed E-state index contributed by atoms with van der Waals surface area (Å²) in [7, 11) is 0. The van der Waals surface area contributed by atoms with Gasteiger partial charge in [-0.05, 0) is 46.0 Å². The molecule has 1 saturated carbocycles. The van der Waals surface area contributed by atoms with E-state index in [9.17, 15) is 4.79 Å². The van der Waals surface area contributed by atoms with Crippen LogP contribution in [-0.4, -0.2) is 24.0 Å². The van der Waals surface area contributed by atoms with Crippen LogP contribution < -0.4 is 10.6 Å². The smallest absolute Gasteiger partial charge is 0.237 e. The second kappa shape index (κ2) is 7.78. The molecule has 0 heterocycles. The molecule has 1 amide bonds. The Morgan fingerprint density at radius 1 is 1.17 bits per heavy atom. The van der Waals surface area contributed by atoms with Crippen molar-refractivity contribution in [3.8, 4) is 0 Å². The van der Waals surface area contributed by atoms with Crippen molar-refractivity contribution in [1.82, 2.24) is 10.6 Å². The molecule has 0 spiro atoms. The number of carbonyl (C=O) groups excluding carboxylic acids is 1. The van der Waals surface area contributed by atoms with Crippen LogP contribution in [0.3, 0.4) is 0 Å². The lowest BCUT2D eigenvalue weighted by atomic mass is 9.84. The number of rotatable bonds is 6. The zero-order chi connectivity index (χ0) is 13.5. The summed E-state index contributed by atoms with van der Waals surface area (Å²) in [6.07, 6.45) is 7.69. The molecule has 0 saturated heterocycles. The van der Waals surface area contributed by atoms with Gasteiger partial charge in [0.1, 0.15) is 0 Å². The predicted octanol–water partition coefficient (Wildman–Crippen LogP) is 2.85.